The van der Waals surface area contributed by atoms with E-state index in [0.29, 0.717) is 0 Å². The van der Waals surface area contributed by atoms with Crippen LogP contribution in [0, 0.1) is 5.41 Å². The SMILES string of the molecule is CCC(S)N(C)C(=N)N. The first kappa shape index (κ1) is 8.62. The maximum absolute atomic E-state index is 6.99. The van der Waals surface area contributed by atoms with Gasteiger partial charge >= 0.3 is 0 Å². The molecule has 0 spiro atoms. The lowest BCUT2D eigenvalue weighted by molar-refractivity contribution is 0.458. The Morgan fingerprint density at radius 2 is 2.33 bits per heavy atom. The van der Waals surface area contributed by atoms with Gasteiger partial charge in [-0.05, 0) is 6.42 Å². The zero-order valence-electron chi connectivity index (χ0n) is 5.76. The molecule has 0 aliphatic heterocycles. The number of thiol groups is 1. The molecule has 0 rings (SSSR count). The number of nitrogens with one attached hydrogen (secondary N) is 1. The van der Waals surface area contributed by atoms with Gasteiger partial charge in [-0.3, -0.25) is 5.41 Å². The molecule has 0 aromatic carbocycles. The van der Waals surface area contributed by atoms with Crippen LogP contribution in [0.5, 0.6) is 0 Å². The molecule has 0 saturated heterocycles. The zero-order valence-corrected chi connectivity index (χ0v) is 6.65. The summed E-state index contributed by atoms with van der Waals surface area (Å²) in [7, 11) is 1.75. The molecule has 1 unspecified atom stereocenters. The molecule has 0 aliphatic rings. The molecule has 0 fully saturated rings. The smallest absolute Gasteiger partial charge is 0.189 e. The molecule has 0 radical (unpaired) electrons. The average Bonchev–Trinajstić information content (AvgIpc) is 1.84. The summed E-state index contributed by atoms with van der Waals surface area (Å²) < 4.78 is 0. The van der Waals surface area contributed by atoms with Gasteiger partial charge in [-0.25, -0.2) is 0 Å². The number of guanidine groups is 1. The van der Waals surface area contributed by atoms with Crippen molar-refractivity contribution in [2.75, 3.05) is 7.05 Å². The van der Waals surface area contributed by atoms with E-state index in [4.69, 9.17) is 11.1 Å². The van der Waals surface area contributed by atoms with Crippen molar-refractivity contribution in [1.82, 2.24) is 4.90 Å². The molecule has 1 atom stereocenters. The van der Waals surface area contributed by atoms with Crippen LogP contribution in [-0.2, 0) is 0 Å². The van der Waals surface area contributed by atoms with Gasteiger partial charge in [0.2, 0.25) is 0 Å². The van der Waals surface area contributed by atoms with Crippen LogP contribution in [-0.4, -0.2) is 23.3 Å². The lowest BCUT2D eigenvalue weighted by Crippen LogP contribution is -2.37. The summed E-state index contributed by atoms with van der Waals surface area (Å²) in [5, 5.41) is 7.06. The van der Waals surface area contributed by atoms with Crippen molar-refractivity contribution in [1.29, 1.82) is 5.41 Å². The fourth-order valence-electron chi connectivity index (χ4n) is 0.434. The minimum Gasteiger partial charge on any atom is -0.370 e. The molecule has 9 heavy (non-hydrogen) atoms. The quantitative estimate of drug-likeness (QED) is 0.230. The zero-order chi connectivity index (χ0) is 7.44. The molecule has 0 aromatic rings. The minimum absolute atomic E-state index is 0.0665. The van der Waals surface area contributed by atoms with Crippen molar-refractivity contribution in [2.24, 2.45) is 5.73 Å². The van der Waals surface area contributed by atoms with E-state index in [1.807, 2.05) is 6.92 Å². The highest BCUT2D eigenvalue weighted by Gasteiger charge is 2.06. The Hall–Kier alpha value is -0.380. The van der Waals surface area contributed by atoms with Gasteiger partial charge < -0.3 is 10.6 Å². The van der Waals surface area contributed by atoms with Crippen LogP contribution in [0.2, 0.25) is 0 Å². The van der Waals surface area contributed by atoms with Crippen LogP contribution in [0.1, 0.15) is 13.3 Å². The molecule has 3 N–H and O–H groups in total. The van der Waals surface area contributed by atoms with Crippen molar-refractivity contribution >= 4 is 18.6 Å². The second-order valence-electron chi connectivity index (χ2n) is 1.89. The Morgan fingerprint density at radius 3 is 2.44 bits per heavy atom. The number of hydrogen-bond acceptors (Lipinski definition) is 2. The number of rotatable bonds is 2. The topological polar surface area (TPSA) is 53.1 Å². The summed E-state index contributed by atoms with van der Waals surface area (Å²) in [4.78, 5) is 1.61. The third-order valence-electron chi connectivity index (χ3n) is 1.19. The highest BCUT2D eigenvalue weighted by Crippen LogP contribution is 2.03. The predicted molar refractivity (Wildman–Crippen MR) is 42.7 cm³/mol. The van der Waals surface area contributed by atoms with Crippen LogP contribution < -0.4 is 5.73 Å². The van der Waals surface area contributed by atoms with Crippen LogP contribution >= 0.6 is 12.6 Å². The first-order valence-electron chi connectivity index (χ1n) is 2.84. The van der Waals surface area contributed by atoms with E-state index in [2.05, 4.69) is 12.6 Å². The summed E-state index contributed by atoms with van der Waals surface area (Å²) in [5.74, 6) is 0.0665. The van der Waals surface area contributed by atoms with Gasteiger partial charge in [-0.15, -0.1) is 0 Å². The van der Waals surface area contributed by atoms with Gasteiger partial charge in [0.15, 0.2) is 5.96 Å². The third-order valence-corrected chi connectivity index (χ3v) is 1.90. The number of nitrogens with two attached hydrogens (primary N) is 1. The molecule has 4 heteroatoms. The lowest BCUT2D eigenvalue weighted by atomic mass is 10.4. The Bertz CT molecular complexity index is 104. The van der Waals surface area contributed by atoms with Gasteiger partial charge in [0.1, 0.15) is 0 Å². The molecule has 0 aliphatic carbocycles. The largest absolute Gasteiger partial charge is 0.370 e. The standard InChI is InChI=1S/C5H13N3S/c1-3-4(9)8(2)5(6)7/h4,9H,3H2,1-2H3,(H3,6,7). The maximum atomic E-state index is 6.99. The van der Waals surface area contributed by atoms with Crippen molar-refractivity contribution in [3.8, 4) is 0 Å². The highest BCUT2D eigenvalue weighted by molar-refractivity contribution is 7.80. The van der Waals surface area contributed by atoms with E-state index in [-0.39, 0.29) is 11.3 Å². The average molecular weight is 147 g/mol. The van der Waals surface area contributed by atoms with E-state index < -0.39 is 0 Å². The van der Waals surface area contributed by atoms with Gasteiger partial charge in [0, 0.05) is 7.05 Å². The number of nitrogens with zero attached hydrogens (tertiary/aromatic N) is 1. The first-order chi connectivity index (χ1) is 4.09. The van der Waals surface area contributed by atoms with Gasteiger partial charge in [0.25, 0.3) is 0 Å². The Labute approximate surface area is 61.1 Å². The normalized spacial score (nSPS) is 12.8. The Kier molecular flexibility index (Phi) is 3.46. The van der Waals surface area contributed by atoms with Crippen molar-refractivity contribution in [3.05, 3.63) is 0 Å². The molecule has 0 aromatic heterocycles. The van der Waals surface area contributed by atoms with E-state index in [9.17, 15) is 0 Å². The second-order valence-corrected chi connectivity index (χ2v) is 2.48. The Morgan fingerprint density at radius 1 is 1.89 bits per heavy atom. The predicted octanol–water partition coefficient (Wildman–Crippen LogP) is 0.478. The lowest BCUT2D eigenvalue weighted by Gasteiger charge is -2.22. The Balaban J connectivity index is 3.72. The second kappa shape index (κ2) is 3.61. The van der Waals surface area contributed by atoms with Crippen molar-refractivity contribution in [3.63, 3.8) is 0 Å². The fourth-order valence-corrected chi connectivity index (χ4v) is 0.559. The molecular weight excluding hydrogens is 134 g/mol. The minimum atomic E-state index is 0.0665. The van der Waals surface area contributed by atoms with E-state index in [1.54, 1.807) is 11.9 Å². The molecule has 0 heterocycles. The molecular formula is C5H13N3S. The first-order valence-corrected chi connectivity index (χ1v) is 3.36. The van der Waals surface area contributed by atoms with Crippen LogP contribution in [0.3, 0.4) is 0 Å². The van der Waals surface area contributed by atoms with Crippen LogP contribution in [0.25, 0.3) is 0 Å². The summed E-state index contributed by atoms with van der Waals surface area (Å²) in [6, 6.07) is 0. The molecule has 0 saturated carbocycles. The monoisotopic (exact) mass is 147 g/mol. The summed E-state index contributed by atoms with van der Waals surface area (Å²) in [6.45, 7) is 2.00. The van der Waals surface area contributed by atoms with Crippen molar-refractivity contribution < 1.29 is 0 Å². The fraction of sp³-hybridized carbons (Fsp3) is 0.800. The molecule has 0 amide bonds. The van der Waals surface area contributed by atoms with Crippen LogP contribution in [0.15, 0.2) is 0 Å². The van der Waals surface area contributed by atoms with E-state index >= 15 is 0 Å². The van der Waals surface area contributed by atoms with Gasteiger partial charge in [-0.1, -0.05) is 6.92 Å². The van der Waals surface area contributed by atoms with Crippen molar-refractivity contribution in [2.45, 2.75) is 18.7 Å². The summed E-state index contributed by atoms with van der Waals surface area (Å²) >= 11 is 4.17. The van der Waals surface area contributed by atoms with Crippen LogP contribution in [0.4, 0.5) is 0 Å². The summed E-state index contributed by atoms with van der Waals surface area (Å²) in [5.41, 5.74) is 5.17. The number of hydrogen-bond donors (Lipinski definition) is 3. The van der Waals surface area contributed by atoms with Gasteiger partial charge in [0.05, 0.1) is 5.37 Å². The van der Waals surface area contributed by atoms with E-state index in [0.717, 1.165) is 6.42 Å². The third kappa shape index (κ3) is 2.60. The summed E-state index contributed by atoms with van der Waals surface area (Å²) in [6.07, 6.45) is 0.888. The highest BCUT2D eigenvalue weighted by atomic mass is 32.1. The molecule has 54 valence electrons. The van der Waals surface area contributed by atoms with Gasteiger partial charge in [-0.2, -0.15) is 12.6 Å². The maximum Gasteiger partial charge on any atom is 0.189 e. The van der Waals surface area contributed by atoms with E-state index in [1.165, 1.54) is 0 Å². The molecule has 0 bridgehead atoms. The molecule has 3 nitrogen and oxygen atoms in total.